The molecule has 0 radical (unpaired) electrons. The maximum Gasteiger partial charge on any atom is 0.253 e. The van der Waals surface area contributed by atoms with Gasteiger partial charge in [-0.1, -0.05) is 19.1 Å². The number of anilines is 2. The number of piperazine rings is 1. The molecule has 1 aromatic heterocycles. The van der Waals surface area contributed by atoms with Crippen LogP contribution in [0.4, 0.5) is 11.8 Å². The second kappa shape index (κ2) is 8.17. The smallest absolute Gasteiger partial charge is 0.253 e. The zero-order valence-electron chi connectivity index (χ0n) is 15.8. The third-order valence-electron chi connectivity index (χ3n) is 4.66. The van der Waals surface area contributed by atoms with Crippen molar-refractivity contribution in [1.82, 2.24) is 14.9 Å². The summed E-state index contributed by atoms with van der Waals surface area (Å²) >= 11 is 0. The Bertz CT molecular complexity index is 751. The van der Waals surface area contributed by atoms with Crippen molar-refractivity contribution in [1.29, 1.82) is 0 Å². The van der Waals surface area contributed by atoms with Crippen molar-refractivity contribution in [3.8, 4) is 0 Å². The van der Waals surface area contributed by atoms with Crippen molar-refractivity contribution in [2.45, 2.75) is 27.2 Å². The van der Waals surface area contributed by atoms with Gasteiger partial charge in [0.25, 0.3) is 5.91 Å². The molecule has 0 saturated carbocycles. The van der Waals surface area contributed by atoms with Gasteiger partial charge in [0.05, 0.1) is 0 Å². The fraction of sp³-hybridized carbons (Fsp3) is 0.450. The molecule has 1 aliphatic heterocycles. The summed E-state index contributed by atoms with van der Waals surface area (Å²) in [5.41, 5.74) is 2.96. The molecule has 1 N–H and O–H groups in total. The van der Waals surface area contributed by atoms with Crippen molar-refractivity contribution < 1.29 is 4.79 Å². The van der Waals surface area contributed by atoms with Gasteiger partial charge in [-0.15, -0.1) is 0 Å². The molecule has 1 fully saturated rings. The highest BCUT2D eigenvalue weighted by molar-refractivity contribution is 5.94. The van der Waals surface area contributed by atoms with Crippen LogP contribution < -0.4 is 10.2 Å². The molecule has 0 aliphatic carbocycles. The number of carbonyl (C=O) groups excluding carboxylic acids is 1. The fourth-order valence-corrected chi connectivity index (χ4v) is 3.14. The molecule has 6 heteroatoms. The minimum absolute atomic E-state index is 0.103. The van der Waals surface area contributed by atoms with Gasteiger partial charge in [0.15, 0.2) is 0 Å². The molecule has 1 aromatic carbocycles. The molecule has 0 atom stereocenters. The first-order chi connectivity index (χ1) is 12.6. The number of nitrogens with one attached hydrogen (secondary N) is 1. The maximum atomic E-state index is 12.7. The van der Waals surface area contributed by atoms with Crippen LogP contribution in [0.2, 0.25) is 0 Å². The molecule has 0 unspecified atom stereocenters. The number of hydrogen-bond acceptors (Lipinski definition) is 5. The summed E-state index contributed by atoms with van der Waals surface area (Å²) in [6, 6.07) is 9.88. The van der Waals surface area contributed by atoms with Crippen LogP contribution in [-0.4, -0.2) is 53.5 Å². The number of amides is 1. The van der Waals surface area contributed by atoms with E-state index < -0.39 is 0 Å². The molecular weight excluding hydrogens is 326 g/mol. The molecule has 6 nitrogen and oxygen atoms in total. The maximum absolute atomic E-state index is 12.7. The lowest BCUT2D eigenvalue weighted by Gasteiger charge is -2.35. The molecule has 0 bridgehead atoms. The first kappa shape index (κ1) is 18.2. The summed E-state index contributed by atoms with van der Waals surface area (Å²) in [5, 5.41) is 3.24. The van der Waals surface area contributed by atoms with Crippen LogP contribution in [0.15, 0.2) is 30.3 Å². The summed E-state index contributed by atoms with van der Waals surface area (Å²) < 4.78 is 0. The zero-order chi connectivity index (χ0) is 18.5. The van der Waals surface area contributed by atoms with Crippen LogP contribution in [0.25, 0.3) is 0 Å². The van der Waals surface area contributed by atoms with Crippen LogP contribution >= 0.6 is 0 Å². The minimum atomic E-state index is 0.103. The van der Waals surface area contributed by atoms with E-state index in [9.17, 15) is 4.79 Å². The van der Waals surface area contributed by atoms with Crippen molar-refractivity contribution in [2.75, 3.05) is 42.9 Å². The SMILES string of the molecule is CCNc1cc(C)nc(N2CCN(C(=O)c3ccc(CC)cc3)CC2)n1. The van der Waals surface area contributed by atoms with Crippen molar-refractivity contribution in [3.05, 3.63) is 47.2 Å². The van der Waals surface area contributed by atoms with E-state index in [0.717, 1.165) is 49.1 Å². The lowest BCUT2D eigenvalue weighted by Crippen LogP contribution is -2.49. The lowest BCUT2D eigenvalue weighted by molar-refractivity contribution is 0.0746. The van der Waals surface area contributed by atoms with E-state index >= 15 is 0 Å². The van der Waals surface area contributed by atoms with Crippen LogP contribution in [0.3, 0.4) is 0 Å². The first-order valence-electron chi connectivity index (χ1n) is 9.33. The molecular formula is C20H27N5O. The molecule has 0 spiro atoms. The van der Waals surface area contributed by atoms with Gasteiger partial charge >= 0.3 is 0 Å². The van der Waals surface area contributed by atoms with Crippen molar-refractivity contribution >= 4 is 17.7 Å². The largest absolute Gasteiger partial charge is 0.370 e. The van der Waals surface area contributed by atoms with Crippen LogP contribution in [0, 0.1) is 6.92 Å². The van der Waals surface area contributed by atoms with Crippen molar-refractivity contribution in [2.24, 2.45) is 0 Å². The summed E-state index contributed by atoms with van der Waals surface area (Å²) in [7, 11) is 0. The van der Waals surface area contributed by atoms with E-state index in [0.29, 0.717) is 13.1 Å². The average Bonchev–Trinajstić information content (AvgIpc) is 2.67. The number of aromatic nitrogens is 2. The van der Waals surface area contributed by atoms with Gasteiger partial charge in [-0.2, -0.15) is 4.98 Å². The van der Waals surface area contributed by atoms with E-state index in [1.54, 1.807) is 0 Å². The summed E-state index contributed by atoms with van der Waals surface area (Å²) in [4.78, 5) is 25.9. The van der Waals surface area contributed by atoms with Crippen molar-refractivity contribution in [3.63, 3.8) is 0 Å². The normalized spacial score (nSPS) is 14.4. The van der Waals surface area contributed by atoms with E-state index in [4.69, 9.17) is 0 Å². The van der Waals surface area contributed by atoms with E-state index in [1.807, 2.05) is 42.2 Å². The molecule has 2 aromatic rings. The molecule has 138 valence electrons. The summed E-state index contributed by atoms with van der Waals surface area (Å²) in [6.45, 7) is 9.83. The van der Waals surface area contributed by atoms with Gasteiger partial charge < -0.3 is 15.1 Å². The number of hydrogen-bond donors (Lipinski definition) is 1. The summed E-state index contributed by atoms with van der Waals surface area (Å²) in [5.74, 6) is 1.69. The Balaban J connectivity index is 1.64. The van der Waals surface area contributed by atoms with Gasteiger partial charge in [0, 0.05) is 50.0 Å². The predicted molar refractivity (Wildman–Crippen MR) is 105 cm³/mol. The number of aryl methyl sites for hydroxylation is 2. The number of benzene rings is 1. The highest BCUT2D eigenvalue weighted by Gasteiger charge is 2.23. The Hall–Kier alpha value is -2.63. The molecule has 2 heterocycles. The number of carbonyl (C=O) groups is 1. The summed E-state index contributed by atoms with van der Waals surface area (Å²) in [6.07, 6.45) is 0.985. The molecule has 3 rings (SSSR count). The van der Waals surface area contributed by atoms with E-state index in [-0.39, 0.29) is 5.91 Å². The van der Waals surface area contributed by atoms with Gasteiger partial charge in [-0.3, -0.25) is 4.79 Å². The number of rotatable bonds is 5. The van der Waals surface area contributed by atoms with Crippen LogP contribution in [0.1, 0.15) is 35.5 Å². The van der Waals surface area contributed by atoms with Gasteiger partial charge in [-0.05, 0) is 38.0 Å². The average molecular weight is 353 g/mol. The molecule has 1 amide bonds. The Labute approximate surface area is 155 Å². The third-order valence-corrected chi connectivity index (χ3v) is 4.66. The highest BCUT2D eigenvalue weighted by Crippen LogP contribution is 2.17. The second-order valence-electron chi connectivity index (χ2n) is 6.55. The Morgan fingerprint density at radius 1 is 1.08 bits per heavy atom. The minimum Gasteiger partial charge on any atom is -0.370 e. The lowest BCUT2D eigenvalue weighted by atomic mass is 10.1. The van der Waals surface area contributed by atoms with Gasteiger partial charge in [0.2, 0.25) is 5.95 Å². The Morgan fingerprint density at radius 2 is 1.77 bits per heavy atom. The molecule has 1 saturated heterocycles. The first-order valence-corrected chi connectivity index (χ1v) is 9.33. The van der Waals surface area contributed by atoms with E-state index in [1.165, 1.54) is 5.56 Å². The molecule has 26 heavy (non-hydrogen) atoms. The van der Waals surface area contributed by atoms with Crippen LogP contribution in [0.5, 0.6) is 0 Å². The monoisotopic (exact) mass is 353 g/mol. The fourth-order valence-electron chi connectivity index (χ4n) is 3.14. The van der Waals surface area contributed by atoms with Gasteiger partial charge in [-0.25, -0.2) is 4.98 Å². The Kier molecular flexibility index (Phi) is 5.71. The van der Waals surface area contributed by atoms with E-state index in [2.05, 4.69) is 34.0 Å². The third kappa shape index (κ3) is 4.12. The zero-order valence-corrected chi connectivity index (χ0v) is 15.8. The Morgan fingerprint density at radius 3 is 2.38 bits per heavy atom. The predicted octanol–water partition coefficient (Wildman–Crippen LogP) is 2.74. The second-order valence-corrected chi connectivity index (χ2v) is 6.55. The highest BCUT2D eigenvalue weighted by atomic mass is 16.2. The topological polar surface area (TPSA) is 61.4 Å². The standard InChI is InChI=1S/C20H27N5O/c1-4-16-6-8-17(9-7-16)19(26)24-10-12-25(13-11-24)20-22-15(3)14-18(23-20)21-5-2/h6-9,14H,4-5,10-13H2,1-3H3,(H,21,22,23). The quantitative estimate of drug-likeness (QED) is 0.896. The van der Waals surface area contributed by atoms with Crippen LogP contribution in [-0.2, 0) is 6.42 Å². The van der Waals surface area contributed by atoms with Gasteiger partial charge in [0.1, 0.15) is 5.82 Å². The molecule has 1 aliphatic rings. The number of nitrogens with zero attached hydrogens (tertiary/aromatic N) is 4.